The van der Waals surface area contributed by atoms with Crippen LogP contribution in [-0.4, -0.2) is 37.2 Å². The molecule has 1 aromatic heterocycles. The average Bonchev–Trinajstić information content (AvgIpc) is 2.78. The molecule has 0 fully saturated rings. The van der Waals surface area contributed by atoms with Gasteiger partial charge in [-0.25, -0.2) is 0 Å². The van der Waals surface area contributed by atoms with Crippen molar-refractivity contribution >= 4 is 0 Å². The van der Waals surface area contributed by atoms with E-state index in [1.165, 1.54) is 0 Å². The molecule has 1 aromatic rings. The lowest BCUT2D eigenvalue weighted by atomic mass is 10.1. The van der Waals surface area contributed by atoms with Crippen LogP contribution in [0.1, 0.15) is 38.4 Å². The van der Waals surface area contributed by atoms with Gasteiger partial charge in [0, 0.05) is 19.8 Å². The number of rotatable bonds is 9. The molecule has 0 spiro atoms. The standard InChI is InChI=1S/C13H25N3O2/c1-5-8-16-13(12(17-4)10-15-16)11(14-3)7-9-18-6-2/h10-11,14H,5-9H2,1-4H3. The Hall–Kier alpha value is -1.07. The molecule has 1 unspecified atom stereocenters. The summed E-state index contributed by atoms with van der Waals surface area (Å²) in [5, 5.41) is 7.70. The summed E-state index contributed by atoms with van der Waals surface area (Å²) < 4.78 is 12.8. The molecule has 1 heterocycles. The Morgan fingerprint density at radius 2 is 2.22 bits per heavy atom. The Bertz CT molecular complexity index is 339. The van der Waals surface area contributed by atoms with Crippen molar-refractivity contribution in [1.29, 1.82) is 0 Å². The highest BCUT2D eigenvalue weighted by atomic mass is 16.5. The van der Waals surface area contributed by atoms with Crippen molar-refractivity contribution in [3.05, 3.63) is 11.9 Å². The summed E-state index contributed by atoms with van der Waals surface area (Å²) in [6.07, 6.45) is 3.76. The molecule has 0 saturated heterocycles. The van der Waals surface area contributed by atoms with E-state index in [0.29, 0.717) is 0 Å². The van der Waals surface area contributed by atoms with Crippen molar-refractivity contribution in [2.24, 2.45) is 0 Å². The minimum Gasteiger partial charge on any atom is -0.493 e. The van der Waals surface area contributed by atoms with E-state index >= 15 is 0 Å². The molecule has 0 aliphatic heterocycles. The average molecular weight is 255 g/mol. The van der Waals surface area contributed by atoms with Gasteiger partial charge in [-0.2, -0.15) is 5.10 Å². The molecule has 0 aliphatic carbocycles. The lowest BCUT2D eigenvalue weighted by molar-refractivity contribution is 0.136. The number of nitrogens with one attached hydrogen (secondary N) is 1. The van der Waals surface area contributed by atoms with E-state index in [0.717, 1.165) is 44.0 Å². The van der Waals surface area contributed by atoms with Gasteiger partial charge in [-0.3, -0.25) is 4.68 Å². The molecule has 1 atom stereocenters. The fourth-order valence-electron chi connectivity index (χ4n) is 2.04. The van der Waals surface area contributed by atoms with Crippen LogP contribution in [0.2, 0.25) is 0 Å². The molecule has 0 aliphatic rings. The van der Waals surface area contributed by atoms with Crippen molar-refractivity contribution in [1.82, 2.24) is 15.1 Å². The summed E-state index contributed by atoms with van der Waals surface area (Å²) in [4.78, 5) is 0. The van der Waals surface area contributed by atoms with E-state index in [4.69, 9.17) is 9.47 Å². The molecule has 1 N–H and O–H groups in total. The highest BCUT2D eigenvalue weighted by Gasteiger charge is 2.20. The monoisotopic (exact) mass is 255 g/mol. The fraction of sp³-hybridized carbons (Fsp3) is 0.769. The molecule has 0 aromatic carbocycles. The van der Waals surface area contributed by atoms with Gasteiger partial charge in [0.2, 0.25) is 0 Å². The van der Waals surface area contributed by atoms with Crippen LogP contribution < -0.4 is 10.1 Å². The minimum absolute atomic E-state index is 0.209. The number of ether oxygens (including phenoxy) is 2. The van der Waals surface area contributed by atoms with Crippen LogP contribution in [0, 0.1) is 0 Å². The van der Waals surface area contributed by atoms with Crippen LogP contribution in [0.3, 0.4) is 0 Å². The van der Waals surface area contributed by atoms with Crippen LogP contribution in [0.4, 0.5) is 0 Å². The first-order valence-corrected chi connectivity index (χ1v) is 6.63. The number of hydrogen-bond donors (Lipinski definition) is 1. The second kappa shape index (κ2) is 8.11. The Labute approximate surface area is 109 Å². The maximum Gasteiger partial charge on any atom is 0.161 e. The van der Waals surface area contributed by atoms with Crippen LogP contribution in [0.5, 0.6) is 5.75 Å². The lowest BCUT2D eigenvalue weighted by Crippen LogP contribution is -2.22. The van der Waals surface area contributed by atoms with E-state index < -0.39 is 0 Å². The number of aryl methyl sites for hydroxylation is 1. The molecule has 5 heteroatoms. The summed E-state index contributed by atoms with van der Waals surface area (Å²) >= 11 is 0. The molecule has 104 valence electrons. The van der Waals surface area contributed by atoms with E-state index in [1.807, 2.05) is 18.7 Å². The summed E-state index contributed by atoms with van der Waals surface area (Å²) in [6, 6.07) is 0.209. The van der Waals surface area contributed by atoms with Gasteiger partial charge in [0.1, 0.15) is 0 Å². The molecule has 0 saturated carbocycles. The Kier molecular flexibility index (Phi) is 6.75. The molecule has 0 radical (unpaired) electrons. The number of aromatic nitrogens is 2. The predicted octanol–water partition coefficient (Wildman–Crippen LogP) is 1.99. The largest absolute Gasteiger partial charge is 0.493 e. The smallest absolute Gasteiger partial charge is 0.161 e. The first kappa shape index (κ1) is 15.0. The molecule has 1 rings (SSSR count). The molecule has 18 heavy (non-hydrogen) atoms. The first-order chi connectivity index (χ1) is 8.78. The maximum atomic E-state index is 5.43. The zero-order valence-electron chi connectivity index (χ0n) is 11.9. The third-order valence-electron chi connectivity index (χ3n) is 2.93. The minimum atomic E-state index is 0.209. The zero-order valence-corrected chi connectivity index (χ0v) is 11.9. The van der Waals surface area contributed by atoms with Crippen LogP contribution >= 0.6 is 0 Å². The Morgan fingerprint density at radius 3 is 2.78 bits per heavy atom. The summed E-state index contributed by atoms with van der Waals surface area (Å²) in [7, 11) is 3.64. The van der Waals surface area contributed by atoms with E-state index in [9.17, 15) is 0 Å². The van der Waals surface area contributed by atoms with Gasteiger partial charge < -0.3 is 14.8 Å². The predicted molar refractivity (Wildman–Crippen MR) is 72.0 cm³/mol. The third kappa shape index (κ3) is 3.71. The molecule has 5 nitrogen and oxygen atoms in total. The molecular formula is C13H25N3O2. The SMILES string of the molecule is CCCn1ncc(OC)c1C(CCOCC)NC. The number of methoxy groups -OCH3 is 1. The van der Waals surface area contributed by atoms with Crippen LogP contribution in [0.15, 0.2) is 6.20 Å². The third-order valence-corrected chi connectivity index (χ3v) is 2.93. The zero-order chi connectivity index (χ0) is 13.4. The normalized spacial score (nSPS) is 12.7. The molecular weight excluding hydrogens is 230 g/mol. The van der Waals surface area contributed by atoms with Crippen molar-refractivity contribution in [3.8, 4) is 5.75 Å². The van der Waals surface area contributed by atoms with Gasteiger partial charge in [0.05, 0.1) is 25.0 Å². The van der Waals surface area contributed by atoms with Gasteiger partial charge in [-0.05, 0) is 26.8 Å². The van der Waals surface area contributed by atoms with Crippen molar-refractivity contribution < 1.29 is 9.47 Å². The number of hydrogen-bond acceptors (Lipinski definition) is 4. The second-order valence-electron chi connectivity index (χ2n) is 4.15. The van der Waals surface area contributed by atoms with Crippen molar-refractivity contribution in [3.63, 3.8) is 0 Å². The van der Waals surface area contributed by atoms with Gasteiger partial charge >= 0.3 is 0 Å². The van der Waals surface area contributed by atoms with Gasteiger partial charge in [-0.1, -0.05) is 6.92 Å². The highest BCUT2D eigenvalue weighted by molar-refractivity contribution is 5.28. The van der Waals surface area contributed by atoms with Crippen molar-refractivity contribution in [2.75, 3.05) is 27.4 Å². The van der Waals surface area contributed by atoms with Crippen LogP contribution in [-0.2, 0) is 11.3 Å². The van der Waals surface area contributed by atoms with E-state index in [-0.39, 0.29) is 6.04 Å². The highest BCUT2D eigenvalue weighted by Crippen LogP contribution is 2.27. The summed E-state index contributed by atoms with van der Waals surface area (Å²) in [5.41, 5.74) is 1.11. The van der Waals surface area contributed by atoms with Gasteiger partial charge in [0.15, 0.2) is 5.75 Å². The fourth-order valence-corrected chi connectivity index (χ4v) is 2.04. The Balaban J connectivity index is 2.83. The second-order valence-corrected chi connectivity index (χ2v) is 4.15. The number of nitrogens with zero attached hydrogens (tertiary/aromatic N) is 2. The van der Waals surface area contributed by atoms with Crippen molar-refractivity contribution in [2.45, 2.75) is 39.3 Å². The molecule has 0 bridgehead atoms. The lowest BCUT2D eigenvalue weighted by Gasteiger charge is -2.19. The van der Waals surface area contributed by atoms with Gasteiger partial charge in [-0.15, -0.1) is 0 Å². The quantitative estimate of drug-likeness (QED) is 0.686. The topological polar surface area (TPSA) is 48.3 Å². The van der Waals surface area contributed by atoms with Gasteiger partial charge in [0.25, 0.3) is 0 Å². The van der Waals surface area contributed by atoms with E-state index in [2.05, 4.69) is 17.3 Å². The summed E-state index contributed by atoms with van der Waals surface area (Å²) in [6.45, 7) is 6.55. The summed E-state index contributed by atoms with van der Waals surface area (Å²) in [5.74, 6) is 0.847. The van der Waals surface area contributed by atoms with Crippen LogP contribution in [0.25, 0.3) is 0 Å². The first-order valence-electron chi connectivity index (χ1n) is 6.63. The van der Waals surface area contributed by atoms with E-state index in [1.54, 1.807) is 13.3 Å². The molecule has 0 amide bonds. The Morgan fingerprint density at radius 1 is 1.44 bits per heavy atom. The maximum absolute atomic E-state index is 5.43.